The number of alkyl halides is 3. The number of amides is 2. The van der Waals surface area contributed by atoms with Crippen molar-refractivity contribution in [3.63, 3.8) is 0 Å². The first-order valence-electron chi connectivity index (χ1n) is 16.1. The van der Waals surface area contributed by atoms with Gasteiger partial charge in [0.05, 0.1) is 28.8 Å². The van der Waals surface area contributed by atoms with Crippen LogP contribution in [-0.4, -0.2) is 75.4 Å². The maximum absolute atomic E-state index is 13.9. The lowest BCUT2D eigenvalue weighted by molar-refractivity contribution is -0.138. The number of benzene rings is 2. The molecule has 2 aromatic heterocycles. The molecule has 254 valence electrons. The highest BCUT2D eigenvalue weighted by atomic mass is 19.4. The minimum absolute atomic E-state index is 0.00193. The zero-order chi connectivity index (χ0) is 34.7. The van der Waals surface area contributed by atoms with E-state index in [2.05, 4.69) is 44.3 Å². The van der Waals surface area contributed by atoms with Crippen LogP contribution in [-0.2, 0) is 37.4 Å². The van der Waals surface area contributed by atoms with Crippen LogP contribution in [0.4, 0.5) is 24.8 Å². The fourth-order valence-corrected chi connectivity index (χ4v) is 6.31. The van der Waals surface area contributed by atoms with Crippen LogP contribution >= 0.6 is 0 Å². The Morgan fingerprint density at radius 1 is 1.06 bits per heavy atom. The third-order valence-electron chi connectivity index (χ3n) is 8.93. The average Bonchev–Trinajstić information content (AvgIpc) is 3.41. The highest BCUT2D eigenvalue weighted by Gasteiger charge is 2.34. The molecule has 4 aromatic rings. The van der Waals surface area contributed by atoms with Gasteiger partial charge in [-0.1, -0.05) is 30.9 Å². The number of nitrogens with one attached hydrogen (secondary N) is 2. The molecule has 1 saturated heterocycles. The van der Waals surface area contributed by atoms with Crippen LogP contribution in [0.3, 0.4) is 0 Å². The van der Waals surface area contributed by atoms with Gasteiger partial charge in [-0.2, -0.15) is 13.2 Å². The van der Waals surface area contributed by atoms with E-state index in [0.29, 0.717) is 65.4 Å². The number of hydrogen-bond acceptors (Lipinski definition) is 7. The Balaban J connectivity index is 1.17. The van der Waals surface area contributed by atoms with E-state index in [1.807, 2.05) is 16.5 Å². The van der Waals surface area contributed by atoms with E-state index in [4.69, 9.17) is 5.73 Å². The van der Waals surface area contributed by atoms with Crippen LogP contribution in [0.2, 0.25) is 0 Å². The van der Waals surface area contributed by atoms with Gasteiger partial charge in [-0.25, -0.2) is 9.97 Å². The molecular weight excluding hydrogens is 633 g/mol. The third-order valence-corrected chi connectivity index (χ3v) is 8.93. The molecule has 4 N–H and O–H groups in total. The molecule has 1 fully saturated rings. The fraction of sp³-hybridized carbons (Fsp3) is 0.333. The summed E-state index contributed by atoms with van der Waals surface area (Å²) in [6, 6.07) is 12.7. The number of aromatic nitrogens is 3. The van der Waals surface area contributed by atoms with Gasteiger partial charge in [0.25, 0.3) is 5.91 Å². The van der Waals surface area contributed by atoms with Crippen molar-refractivity contribution in [2.24, 2.45) is 7.05 Å². The summed E-state index contributed by atoms with van der Waals surface area (Å²) < 4.78 is 43.5. The van der Waals surface area contributed by atoms with Gasteiger partial charge >= 0.3 is 6.18 Å². The zero-order valence-corrected chi connectivity index (χ0v) is 27.3. The summed E-state index contributed by atoms with van der Waals surface area (Å²) in [4.78, 5) is 38.3. The predicted molar refractivity (Wildman–Crippen MR) is 180 cm³/mol. The number of carbonyl (C=O) groups excluding carboxylic acids is 2. The van der Waals surface area contributed by atoms with Crippen molar-refractivity contribution in [1.29, 1.82) is 0 Å². The SMILES string of the molecule is CCN1CCN(Cc2cc(NC(=O)Cc3cccc(C#Cc4cnc(N)nc4-c4cc5c(n4C)CCNC5=O)c3)ccc2C(F)(F)F)CC1. The number of fused-ring (bicyclic) bond motifs is 1. The first-order valence-corrected chi connectivity index (χ1v) is 16.1. The smallest absolute Gasteiger partial charge is 0.368 e. The Bertz CT molecular complexity index is 1950. The normalized spacial score (nSPS) is 15.2. The van der Waals surface area contributed by atoms with Crippen LogP contribution < -0.4 is 16.4 Å². The molecule has 49 heavy (non-hydrogen) atoms. The van der Waals surface area contributed by atoms with Gasteiger partial charge in [0.2, 0.25) is 11.9 Å². The number of anilines is 2. The van der Waals surface area contributed by atoms with Crippen molar-refractivity contribution in [2.45, 2.75) is 32.5 Å². The molecule has 2 aromatic carbocycles. The van der Waals surface area contributed by atoms with E-state index < -0.39 is 11.7 Å². The summed E-state index contributed by atoms with van der Waals surface area (Å²) in [6.07, 6.45) is -2.27. The Morgan fingerprint density at radius 3 is 2.57 bits per heavy atom. The van der Waals surface area contributed by atoms with E-state index >= 15 is 0 Å². The average molecular weight is 671 g/mol. The number of piperazine rings is 1. The standard InChI is InChI=1S/C36H37F3N8O2/c1-3-46-13-15-47(16-14-46)22-26-19-27(9-10-29(26)36(37,38)39)43-32(48)18-24-6-4-5-23(17-24)7-8-25-21-42-35(40)44-33(25)31-20-28-30(45(31)2)11-12-41-34(28)49/h4-6,9-10,17,19-21H,3,11-16,18,22H2,1-2H3,(H,41,49)(H,43,48)(H2,40,42,44). The lowest BCUT2D eigenvalue weighted by Gasteiger charge is -2.34. The molecule has 4 heterocycles. The molecule has 0 atom stereocenters. The molecular formula is C36H37F3N8O2. The summed E-state index contributed by atoms with van der Waals surface area (Å²) in [5.41, 5.74) is 10.2. The highest BCUT2D eigenvalue weighted by molar-refractivity contribution is 5.98. The topological polar surface area (TPSA) is 121 Å². The number of carbonyl (C=O) groups is 2. The Kier molecular flexibility index (Phi) is 9.71. The number of halogens is 3. The van der Waals surface area contributed by atoms with E-state index in [1.54, 1.807) is 30.3 Å². The van der Waals surface area contributed by atoms with E-state index in [1.165, 1.54) is 18.3 Å². The zero-order valence-electron chi connectivity index (χ0n) is 27.3. The maximum atomic E-state index is 13.9. The van der Waals surface area contributed by atoms with Crippen molar-refractivity contribution < 1.29 is 22.8 Å². The lowest BCUT2D eigenvalue weighted by Crippen LogP contribution is -2.45. The fourth-order valence-electron chi connectivity index (χ4n) is 6.31. The van der Waals surface area contributed by atoms with Gasteiger partial charge < -0.3 is 25.8 Å². The quantitative estimate of drug-likeness (QED) is 0.254. The molecule has 6 rings (SSSR count). The molecule has 0 bridgehead atoms. The van der Waals surface area contributed by atoms with Crippen molar-refractivity contribution in [3.8, 4) is 23.2 Å². The third kappa shape index (κ3) is 7.77. The number of nitrogens with zero attached hydrogens (tertiary/aromatic N) is 5. The molecule has 0 aliphatic carbocycles. The summed E-state index contributed by atoms with van der Waals surface area (Å²) in [7, 11) is 1.87. The Hall–Kier alpha value is -5.19. The highest BCUT2D eigenvalue weighted by Crippen LogP contribution is 2.34. The summed E-state index contributed by atoms with van der Waals surface area (Å²) in [5, 5.41) is 5.62. The number of nitrogens with two attached hydrogens (primary N) is 1. The molecule has 2 aliphatic rings. The van der Waals surface area contributed by atoms with Crippen molar-refractivity contribution >= 4 is 23.5 Å². The van der Waals surface area contributed by atoms with Crippen LogP contribution in [0.5, 0.6) is 0 Å². The van der Waals surface area contributed by atoms with Crippen LogP contribution in [0, 0.1) is 11.8 Å². The molecule has 0 saturated carbocycles. The predicted octanol–water partition coefficient (Wildman–Crippen LogP) is 4.09. The van der Waals surface area contributed by atoms with Crippen LogP contribution in [0.1, 0.15) is 50.8 Å². The molecule has 0 spiro atoms. The van der Waals surface area contributed by atoms with Crippen molar-refractivity contribution in [1.82, 2.24) is 29.7 Å². The van der Waals surface area contributed by atoms with Crippen LogP contribution in [0.15, 0.2) is 54.7 Å². The van der Waals surface area contributed by atoms with E-state index in [9.17, 15) is 22.8 Å². The number of likely N-dealkylation sites (N-methyl/N-ethyl adjacent to an activating group) is 1. The number of nitrogen functional groups attached to an aromatic ring is 1. The lowest BCUT2D eigenvalue weighted by atomic mass is 10.0. The number of hydrogen-bond donors (Lipinski definition) is 3. The van der Waals surface area contributed by atoms with Gasteiger partial charge in [0.15, 0.2) is 0 Å². The van der Waals surface area contributed by atoms with Gasteiger partial charge in [-0.15, -0.1) is 0 Å². The van der Waals surface area contributed by atoms with Gasteiger partial charge in [0.1, 0.15) is 5.69 Å². The molecule has 0 unspecified atom stereocenters. The second-order valence-electron chi connectivity index (χ2n) is 12.2. The first-order chi connectivity index (χ1) is 23.5. The molecule has 10 nitrogen and oxygen atoms in total. The Morgan fingerprint density at radius 2 is 1.84 bits per heavy atom. The molecule has 2 aliphatic heterocycles. The monoisotopic (exact) mass is 670 g/mol. The summed E-state index contributed by atoms with van der Waals surface area (Å²) in [6.45, 7) is 6.66. The van der Waals surface area contributed by atoms with Gasteiger partial charge in [0, 0.05) is 75.9 Å². The molecule has 13 heteroatoms. The second-order valence-corrected chi connectivity index (χ2v) is 12.2. The largest absolute Gasteiger partial charge is 0.416 e. The van der Waals surface area contributed by atoms with Gasteiger partial charge in [-0.3, -0.25) is 14.5 Å². The minimum atomic E-state index is -4.50. The minimum Gasteiger partial charge on any atom is -0.368 e. The maximum Gasteiger partial charge on any atom is 0.416 e. The second kappa shape index (κ2) is 14.1. The Labute approximate surface area is 282 Å². The molecule has 2 amide bonds. The van der Waals surface area contributed by atoms with E-state index in [-0.39, 0.29) is 36.3 Å². The summed E-state index contributed by atoms with van der Waals surface area (Å²) in [5.74, 6) is 5.80. The number of rotatable bonds is 7. The molecule has 0 radical (unpaired) electrons. The first kappa shape index (κ1) is 33.7. The van der Waals surface area contributed by atoms with Gasteiger partial charge in [-0.05, 0) is 54.1 Å². The van der Waals surface area contributed by atoms with Crippen molar-refractivity contribution in [3.05, 3.63) is 93.8 Å². The van der Waals surface area contributed by atoms with Crippen molar-refractivity contribution in [2.75, 3.05) is 50.3 Å². The summed E-state index contributed by atoms with van der Waals surface area (Å²) >= 11 is 0. The van der Waals surface area contributed by atoms with E-state index in [0.717, 1.165) is 31.4 Å². The van der Waals surface area contributed by atoms with Crippen LogP contribution in [0.25, 0.3) is 11.4 Å².